The molecule has 3 nitrogen and oxygen atoms in total. The van der Waals surface area contributed by atoms with Gasteiger partial charge < -0.3 is 15.2 Å². The van der Waals surface area contributed by atoms with Crippen molar-refractivity contribution >= 4 is 0 Å². The zero-order chi connectivity index (χ0) is 11.8. The lowest BCUT2D eigenvalue weighted by Crippen LogP contribution is -2.49. The van der Waals surface area contributed by atoms with Crippen LogP contribution in [0.3, 0.4) is 0 Å². The molecule has 0 aliphatic carbocycles. The van der Waals surface area contributed by atoms with Crippen molar-refractivity contribution in [2.45, 2.75) is 49.6 Å². The van der Waals surface area contributed by atoms with Gasteiger partial charge in [0.2, 0.25) is 0 Å². The molecule has 0 amide bonds. The molecule has 3 unspecified atom stereocenters. The summed E-state index contributed by atoms with van der Waals surface area (Å²) in [5.41, 5.74) is 5.63. The average molecular weight is 239 g/mol. The number of halogens is 3. The first-order valence-corrected chi connectivity index (χ1v) is 5.48. The highest BCUT2D eigenvalue weighted by Crippen LogP contribution is 2.41. The molecule has 94 valence electrons. The van der Waals surface area contributed by atoms with E-state index in [-0.39, 0.29) is 18.8 Å². The van der Waals surface area contributed by atoms with Crippen molar-refractivity contribution in [3.63, 3.8) is 0 Å². The van der Waals surface area contributed by atoms with Gasteiger partial charge in [-0.15, -0.1) is 0 Å². The van der Waals surface area contributed by atoms with Gasteiger partial charge in [-0.2, -0.15) is 13.2 Å². The molecule has 2 fully saturated rings. The molecule has 2 aliphatic rings. The van der Waals surface area contributed by atoms with Crippen LogP contribution in [0.5, 0.6) is 0 Å². The van der Waals surface area contributed by atoms with Crippen LogP contribution in [-0.2, 0) is 9.47 Å². The lowest BCUT2D eigenvalue weighted by Gasteiger charge is -2.30. The molecular formula is C10H16F3NO2. The van der Waals surface area contributed by atoms with Crippen molar-refractivity contribution in [3.05, 3.63) is 0 Å². The summed E-state index contributed by atoms with van der Waals surface area (Å²) in [7, 11) is 0. The normalized spacial score (nSPS) is 38.2. The van der Waals surface area contributed by atoms with Crippen LogP contribution in [0.1, 0.15) is 25.7 Å². The van der Waals surface area contributed by atoms with Crippen LogP contribution in [0, 0.1) is 0 Å². The van der Waals surface area contributed by atoms with Crippen LogP contribution in [0.15, 0.2) is 0 Å². The Kier molecular flexibility index (Phi) is 3.16. The van der Waals surface area contributed by atoms with Gasteiger partial charge in [-0.3, -0.25) is 0 Å². The standard InChI is InChI=1S/C10H16F3NO2/c11-10(12,13)6-15-4-3-9(14)5-7-1-2-8(9)16-7/h7-8H,1-6,14H2. The maximum absolute atomic E-state index is 11.8. The monoisotopic (exact) mass is 239 g/mol. The maximum atomic E-state index is 11.8. The van der Waals surface area contributed by atoms with Crippen LogP contribution >= 0.6 is 0 Å². The van der Waals surface area contributed by atoms with Crippen molar-refractivity contribution in [1.29, 1.82) is 0 Å². The third-order valence-electron chi connectivity index (χ3n) is 3.33. The Morgan fingerprint density at radius 2 is 2.12 bits per heavy atom. The number of hydrogen-bond donors (Lipinski definition) is 1. The van der Waals surface area contributed by atoms with Gasteiger partial charge in [0.1, 0.15) is 6.61 Å². The van der Waals surface area contributed by atoms with Gasteiger partial charge in [0.15, 0.2) is 0 Å². The van der Waals surface area contributed by atoms with Crippen molar-refractivity contribution in [1.82, 2.24) is 0 Å². The zero-order valence-corrected chi connectivity index (χ0v) is 8.93. The summed E-state index contributed by atoms with van der Waals surface area (Å²) in [6.07, 6.45) is -0.929. The molecule has 2 heterocycles. The summed E-state index contributed by atoms with van der Waals surface area (Å²) < 4.78 is 45.6. The molecule has 2 rings (SSSR count). The van der Waals surface area contributed by atoms with Crippen molar-refractivity contribution in [3.8, 4) is 0 Å². The molecular weight excluding hydrogens is 223 g/mol. The molecule has 0 aromatic rings. The van der Waals surface area contributed by atoms with Crippen LogP contribution < -0.4 is 5.73 Å². The third-order valence-corrected chi connectivity index (χ3v) is 3.33. The van der Waals surface area contributed by atoms with E-state index in [4.69, 9.17) is 10.5 Å². The second kappa shape index (κ2) is 4.16. The van der Waals surface area contributed by atoms with Crippen LogP contribution in [-0.4, -0.2) is 37.1 Å². The average Bonchev–Trinajstić information content (AvgIpc) is 2.70. The minimum Gasteiger partial charge on any atom is -0.373 e. The van der Waals surface area contributed by atoms with Gasteiger partial charge >= 0.3 is 6.18 Å². The fourth-order valence-corrected chi connectivity index (χ4v) is 2.55. The summed E-state index contributed by atoms with van der Waals surface area (Å²) in [5.74, 6) is 0. The number of ether oxygens (including phenoxy) is 2. The molecule has 2 aliphatic heterocycles. The van der Waals surface area contributed by atoms with E-state index >= 15 is 0 Å². The molecule has 0 radical (unpaired) electrons. The van der Waals surface area contributed by atoms with Gasteiger partial charge in [0, 0.05) is 12.1 Å². The second-order valence-electron chi connectivity index (χ2n) is 4.68. The second-order valence-corrected chi connectivity index (χ2v) is 4.68. The van der Waals surface area contributed by atoms with Crippen LogP contribution in [0.2, 0.25) is 0 Å². The largest absolute Gasteiger partial charge is 0.411 e. The molecule has 0 aromatic carbocycles. The number of hydrogen-bond acceptors (Lipinski definition) is 3. The quantitative estimate of drug-likeness (QED) is 0.758. The molecule has 0 saturated carbocycles. The Hall–Kier alpha value is -0.330. The molecule has 2 bridgehead atoms. The van der Waals surface area contributed by atoms with E-state index in [1.54, 1.807) is 0 Å². The van der Waals surface area contributed by atoms with Gasteiger partial charge in [-0.25, -0.2) is 0 Å². The molecule has 2 saturated heterocycles. The lowest BCUT2D eigenvalue weighted by atomic mass is 9.80. The first-order valence-electron chi connectivity index (χ1n) is 5.48. The minimum atomic E-state index is -4.26. The van der Waals surface area contributed by atoms with E-state index in [2.05, 4.69) is 4.74 Å². The molecule has 2 N–H and O–H groups in total. The van der Waals surface area contributed by atoms with Crippen LogP contribution in [0.4, 0.5) is 13.2 Å². The number of fused-ring (bicyclic) bond motifs is 2. The predicted molar refractivity (Wildman–Crippen MR) is 50.9 cm³/mol. The molecule has 6 heteroatoms. The number of alkyl halides is 3. The van der Waals surface area contributed by atoms with Crippen molar-refractivity contribution in [2.24, 2.45) is 5.73 Å². The summed E-state index contributed by atoms with van der Waals surface area (Å²) in [6, 6.07) is 0. The summed E-state index contributed by atoms with van der Waals surface area (Å²) in [4.78, 5) is 0. The van der Waals surface area contributed by atoms with Gasteiger partial charge in [0.05, 0.1) is 12.2 Å². The summed E-state index contributed by atoms with van der Waals surface area (Å²) in [5, 5.41) is 0. The highest BCUT2D eigenvalue weighted by atomic mass is 19.4. The molecule has 3 atom stereocenters. The molecule has 16 heavy (non-hydrogen) atoms. The fraction of sp³-hybridized carbons (Fsp3) is 1.00. The Morgan fingerprint density at radius 1 is 1.38 bits per heavy atom. The first-order chi connectivity index (χ1) is 7.39. The maximum Gasteiger partial charge on any atom is 0.411 e. The van der Waals surface area contributed by atoms with Gasteiger partial charge in [0.25, 0.3) is 0 Å². The zero-order valence-electron chi connectivity index (χ0n) is 8.93. The number of nitrogens with two attached hydrogens (primary N) is 1. The van der Waals surface area contributed by atoms with Crippen molar-refractivity contribution in [2.75, 3.05) is 13.2 Å². The van der Waals surface area contributed by atoms with Crippen molar-refractivity contribution < 1.29 is 22.6 Å². The Bertz CT molecular complexity index is 259. The van der Waals surface area contributed by atoms with Gasteiger partial charge in [-0.1, -0.05) is 0 Å². The van der Waals surface area contributed by atoms with E-state index in [1.807, 2.05) is 0 Å². The van der Waals surface area contributed by atoms with Gasteiger partial charge in [-0.05, 0) is 25.7 Å². The van der Waals surface area contributed by atoms with E-state index < -0.39 is 18.3 Å². The number of rotatable bonds is 4. The predicted octanol–water partition coefficient (Wildman–Crippen LogP) is 1.60. The molecule has 0 aromatic heterocycles. The lowest BCUT2D eigenvalue weighted by molar-refractivity contribution is -0.175. The van der Waals surface area contributed by atoms with E-state index in [0.717, 1.165) is 19.3 Å². The van der Waals surface area contributed by atoms with E-state index in [0.29, 0.717) is 6.42 Å². The highest BCUT2D eigenvalue weighted by molar-refractivity contribution is 5.04. The smallest absolute Gasteiger partial charge is 0.373 e. The first kappa shape index (κ1) is 12.1. The highest BCUT2D eigenvalue weighted by Gasteiger charge is 2.49. The van der Waals surface area contributed by atoms with E-state index in [9.17, 15) is 13.2 Å². The fourth-order valence-electron chi connectivity index (χ4n) is 2.55. The Balaban J connectivity index is 1.70. The minimum absolute atomic E-state index is 0.00647. The topological polar surface area (TPSA) is 44.5 Å². The third kappa shape index (κ3) is 2.67. The SMILES string of the molecule is NC1(CCOCC(F)(F)F)CC2CCC1O2. The van der Waals surface area contributed by atoms with Crippen LogP contribution in [0.25, 0.3) is 0 Å². The summed E-state index contributed by atoms with van der Waals surface area (Å²) in [6.45, 7) is -1.15. The van der Waals surface area contributed by atoms with E-state index in [1.165, 1.54) is 0 Å². The Labute approximate surface area is 92.1 Å². The molecule has 0 spiro atoms. The summed E-state index contributed by atoms with van der Waals surface area (Å²) >= 11 is 0. The Morgan fingerprint density at radius 3 is 2.62 bits per heavy atom.